The lowest BCUT2D eigenvalue weighted by molar-refractivity contribution is -0.141. The minimum absolute atomic E-state index is 0.0570. The van der Waals surface area contributed by atoms with E-state index in [-0.39, 0.29) is 23.7 Å². The van der Waals surface area contributed by atoms with Crippen molar-refractivity contribution in [3.05, 3.63) is 0 Å². The molecule has 0 aromatic carbocycles. The van der Waals surface area contributed by atoms with Crippen molar-refractivity contribution in [2.45, 2.75) is 63.8 Å². The highest BCUT2D eigenvalue weighted by Crippen LogP contribution is 2.31. The molecule has 0 spiro atoms. The van der Waals surface area contributed by atoms with Gasteiger partial charge >= 0.3 is 0 Å². The van der Waals surface area contributed by atoms with Gasteiger partial charge < -0.3 is 15.1 Å². The number of piperazine rings is 1. The van der Waals surface area contributed by atoms with Gasteiger partial charge in [0.25, 0.3) is 0 Å². The Kier molecular flexibility index (Phi) is 6.32. The predicted octanol–water partition coefficient (Wildman–Crippen LogP) is 1.54. The maximum absolute atomic E-state index is 12.7. The van der Waals surface area contributed by atoms with E-state index in [1.807, 2.05) is 4.90 Å². The Morgan fingerprint density at radius 3 is 2.00 bits per heavy atom. The molecule has 6 heteroatoms. The van der Waals surface area contributed by atoms with Crippen molar-refractivity contribution in [2.24, 2.45) is 11.8 Å². The monoisotopic (exact) mass is 349 g/mol. The molecule has 1 aliphatic heterocycles. The van der Waals surface area contributed by atoms with Crippen molar-refractivity contribution in [1.29, 1.82) is 0 Å². The SMILES string of the molecule is O=CN1CCN(C(=O)C2CCC(C(=O)NC3CCCCC3)CC2)CC1. The maximum atomic E-state index is 12.7. The van der Waals surface area contributed by atoms with Gasteiger partial charge in [0.05, 0.1) is 0 Å². The fraction of sp³-hybridized carbons (Fsp3) is 0.842. The van der Waals surface area contributed by atoms with Gasteiger partial charge in [-0.3, -0.25) is 14.4 Å². The molecule has 140 valence electrons. The summed E-state index contributed by atoms with van der Waals surface area (Å²) in [7, 11) is 0. The quantitative estimate of drug-likeness (QED) is 0.783. The molecule has 25 heavy (non-hydrogen) atoms. The molecule has 2 aliphatic carbocycles. The lowest BCUT2D eigenvalue weighted by Gasteiger charge is -2.36. The average Bonchev–Trinajstić information content (AvgIpc) is 2.68. The largest absolute Gasteiger partial charge is 0.353 e. The molecule has 3 amide bonds. The van der Waals surface area contributed by atoms with Crippen LogP contribution in [0.2, 0.25) is 0 Å². The Hall–Kier alpha value is -1.59. The number of amides is 3. The number of carbonyl (C=O) groups is 3. The molecule has 3 rings (SSSR count). The summed E-state index contributed by atoms with van der Waals surface area (Å²) in [6, 6.07) is 0.370. The van der Waals surface area contributed by atoms with Crippen molar-refractivity contribution >= 4 is 18.2 Å². The van der Waals surface area contributed by atoms with Crippen LogP contribution in [0.1, 0.15) is 57.8 Å². The lowest BCUT2D eigenvalue weighted by atomic mass is 9.80. The number of hydrogen-bond acceptors (Lipinski definition) is 3. The van der Waals surface area contributed by atoms with Gasteiger partial charge in [0.1, 0.15) is 0 Å². The van der Waals surface area contributed by atoms with Crippen LogP contribution in [0.25, 0.3) is 0 Å². The third kappa shape index (κ3) is 4.73. The minimum atomic E-state index is 0.0570. The zero-order chi connectivity index (χ0) is 17.6. The molecule has 0 atom stereocenters. The van der Waals surface area contributed by atoms with Gasteiger partial charge in [-0.25, -0.2) is 0 Å². The van der Waals surface area contributed by atoms with Gasteiger partial charge in [-0.1, -0.05) is 19.3 Å². The Morgan fingerprint density at radius 2 is 1.40 bits per heavy atom. The number of nitrogens with zero attached hydrogens (tertiary/aromatic N) is 2. The summed E-state index contributed by atoms with van der Waals surface area (Å²) in [6.07, 6.45) is 10.1. The zero-order valence-electron chi connectivity index (χ0n) is 15.1. The predicted molar refractivity (Wildman–Crippen MR) is 94.7 cm³/mol. The van der Waals surface area contributed by atoms with E-state index in [0.29, 0.717) is 32.2 Å². The van der Waals surface area contributed by atoms with Gasteiger partial charge in [-0.2, -0.15) is 0 Å². The van der Waals surface area contributed by atoms with Crippen LogP contribution in [0.4, 0.5) is 0 Å². The second-order valence-corrected chi connectivity index (χ2v) is 7.86. The molecular weight excluding hydrogens is 318 g/mol. The van der Waals surface area contributed by atoms with E-state index in [2.05, 4.69) is 5.32 Å². The zero-order valence-corrected chi connectivity index (χ0v) is 15.1. The first kappa shape index (κ1) is 18.2. The number of nitrogens with one attached hydrogen (secondary N) is 1. The number of rotatable bonds is 4. The molecule has 2 saturated carbocycles. The summed E-state index contributed by atoms with van der Waals surface area (Å²) in [4.78, 5) is 39.5. The third-order valence-corrected chi connectivity index (χ3v) is 6.17. The van der Waals surface area contributed by atoms with Crippen LogP contribution in [0.5, 0.6) is 0 Å². The maximum Gasteiger partial charge on any atom is 0.225 e. The van der Waals surface area contributed by atoms with Gasteiger partial charge in [0.2, 0.25) is 18.2 Å². The molecular formula is C19H31N3O3. The molecule has 1 N–H and O–H groups in total. The van der Waals surface area contributed by atoms with E-state index in [1.165, 1.54) is 19.3 Å². The molecule has 1 heterocycles. The summed E-state index contributed by atoms with van der Waals surface area (Å²) in [5.41, 5.74) is 0. The van der Waals surface area contributed by atoms with Gasteiger partial charge in [0.15, 0.2) is 0 Å². The van der Waals surface area contributed by atoms with E-state index in [9.17, 15) is 14.4 Å². The van der Waals surface area contributed by atoms with Gasteiger partial charge in [-0.05, 0) is 38.5 Å². The van der Waals surface area contributed by atoms with Crippen LogP contribution in [0.15, 0.2) is 0 Å². The second kappa shape index (κ2) is 8.68. The first-order valence-corrected chi connectivity index (χ1v) is 9.96. The fourth-order valence-electron chi connectivity index (χ4n) is 4.47. The summed E-state index contributed by atoms with van der Waals surface area (Å²) in [6.45, 7) is 2.54. The topological polar surface area (TPSA) is 69.7 Å². The standard InChI is InChI=1S/C19H31N3O3/c23-14-21-10-12-22(13-11-21)19(25)16-8-6-15(7-9-16)18(24)20-17-4-2-1-3-5-17/h14-17H,1-13H2,(H,20,24). The molecule has 0 bridgehead atoms. The molecule has 0 radical (unpaired) electrons. The van der Waals surface area contributed by atoms with Crippen LogP contribution in [0, 0.1) is 11.8 Å². The van der Waals surface area contributed by atoms with E-state index in [0.717, 1.165) is 44.9 Å². The Balaban J connectivity index is 1.41. The summed E-state index contributed by atoms with van der Waals surface area (Å²) in [5, 5.41) is 3.23. The van der Waals surface area contributed by atoms with Crippen LogP contribution < -0.4 is 5.32 Å². The van der Waals surface area contributed by atoms with Gasteiger partial charge in [0, 0.05) is 44.1 Å². The molecule has 0 aromatic rings. The smallest absolute Gasteiger partial charge is 0.225 e. The van der Waals surface area contributed by atoms with E-state index < -0.39 is 0 Å². The summed E-state index contributed by atoms with van der Waals surface area (Å²) < 4.78 is 0. The Morgan fingerprint density at radius 1 is 0.800 bits per heavy atom. The third-order valence-electron chi connectivity index (χ3n) is 6.17. The van der Waals surface area contributed by atoms with Crippen molar-refractivity contribution in [3.8, 4) is 0 Å². The minimum Gasteiger partial charge on any atom is -0.353 e. The first-order valence-electron chi connectivity index (χ1n) is 9.96. The van der Waals surface area contributed by atoms with Crippen LogP contribution in [0.3, 0.4) is 0 Å². The van der Waals surface area contributed by atoms with Crippen LogP contribution >= 0.6 is 0 Å². The van der Waals surface area contributed by atoms with Crippen LogP contribution in [-0.4, -0.2) is 60.2 Å². The fourth-order valence-corrected chi connectivity index (χ4v) is 4.47. The molecule has 3 fully saturated rings. The molecule has 6 nitrogen and oxygen atoms in total. The Labute approximate surface area is 150 Å². The number of carbonyl (C=O) groups excluding carboxylic acids is 3. The highest BCUT2D eigenvalue weighted by atomic mass is 16.2. The average molecular weight is 349 g/mol. The van der Waals surface area contributed by atoms with E-state index in [4.69, 9.17) is 0 Å². The highest BCUT2D eigenvalue weighted by molar-refractivity contribution is 5.81. The van der Waals surface area contributed by atoms with E-state index >= 15 is 0 Å². The normalized spacial score (nSPS) is 28.5. The molecule has 3 aliphatic rings. The van der Waals surface area contributed by atoms with Crippen molar-refractivity contribution < 1.29 is 14.4 Å². The number of hydrogen-bond donors (Lipinski definition) is 1. The Bertz CT molecular complexity index is 474. The molecule has 0 unspecified atom stereocenters. The highest BCUT2D eigenvalue weighted by Gasteiger charge is 2.33. The lowest BCUT2D eigenvalue weighted by Crippen LogP contribution is -2.50. The molecule has 1 saturated heterocycles. The summed E-state index contributed by atoms with van der Waals surface area (Å²) in [5.74, 6) is 0.563. The van der Waals surface area contributed by atoms with E-state index in [1.54, 1.807) is 4.90 Å². The first-order chi connectivity index (χ1) is 12.2. The summed E-state index contributed by atoms with van der Waals surface area (Å²) >= 11 is 0. The van der Waals surface area contributed by atoms with Crippen molar-refractivity contribution in [1.82, 2.24) is 15.1 Å². The van der Waals surface area contributed by atoms with Gasteiger partial charge in [-0.15, -0.1) is 0 Å². The van der Waals surface area contributed by atoms with Crippen molar-refractivity contribution in [2.75, 3.05) is 26.2 Å². The van der Waals surface area contributed by atoms with Crippen molar-refractivity contribution in [3.63, 3.8) is 0 Å². The van der Waals surface area contributed by atoms with Crippen LogP contribution in [-0.2, 0) is 14.4 Å². The second-order valence-electron chi connectivity index (χ2n) is 7.86. The molecule has 0 aromatic heterocycles.